The Morgan fingerprint density at radius 1 is 1.08 bits per heavy atom. The van der Waals surface area contributed by atoms with Gasteiger partial charge < -0.3 is 20.5 Å². The van der Waals surface area contributed by atoms with Gasteiger partial charge in [0.05, 0.1) is 25.0 Å². The number of aliphatic hydroxyl groups excluding tert-OH is 1. The third kappa shape index (κ3) is 11.4. The lowest BCUT2D eigenvalue weighted by atomic mass is 10.1. The number of benzene rings is 2. The fourth-order valence-electron chi connectivity index (χ4n) is 3.76. The molecule has 0 saturated heterocycles. The van der Waals surface area contributed by atoms with Gasteiger partial charge in [-0.2, -0.15) is 0 Å². The Morgan fingerprint density at radius 2 is 1.78 bits per heavy atom. The van der Waals surface area contributed by atoms with Crippen LogP contribution in [0, 0.1) is 0 Å². The number of aliphatic hydroxyl groups is 1. The van der Waals surface area contributed by atoms with Crippen molar-refractivity contribution in [3.8, 4) is 5.75 Å². The Bertz CT molecular complexity index is 1030. The highest BCUT2D eigenvalue weighted by Gasteiger charge is 2.25. The Balaban J connectivity index is 1.97. The SMILES string of the molecule is CCCN(CCC)S(=O)(=O)CCC(=O)N[C@@H](CSc1ccccc1)[C@@H](O)CNCc1cccc(OC)c1. The lowest BCUT2D eigenvalue weighted by Crippen LogP contribution is -2.49. The number of carbonyl (C=O) groups is 1. The van der Waals surface area contributed by atoms with Gasteiger partial charge in [-0.15, -0.1) is 11.8 Å². The number of sulfonamides is 1. The highest BCUT2D eigenvalue weighted by atomic mass is 32.2. The second kappa shape index (κ2) is 16.7. The Labute approximate surface area is 226 Å². The zero-order chi connectivity index (χ0) is 27.1. The van der Waals surface area contributed by atoms with Gasteiger partial charge in [0.2, 0.25) is 15.9 Å². The van der Waals surface area contributed by atoms with Crippen LogP contribution < -0.4 is 15.4 Å². The van der Waals surface area contributed by atoms with Gasteiger partial charge in [-0.05, 0) is 42.7 Å². The first-order valence-electron chi connectivity index (χ1n) is 12.8. The largest absolute Gasteiger partial charge is 0.497 e. The molecule has 0 aromatic heterocycles. The van der Waals surface area contributed by atoms with Crippen molar-refractivity contribution >= 4 is 27.7 Å². The molecule has 2 aromatic rings. The van der Waals surface area contributed by atoms with E-state index in [0.29, 0.717) is 25.4 Å². The molecule has 0 unspecified atom stereocenters. The average Bonchev–Trinajstić information content (AvgIpc) is 2.90. The molecule has 0 spiro atoms. The van der Waals surface area contributed by atoms with E-state index in [9.17, 15) is 18.3 Å². The van der Waals surface area contributed by atoms with Crippen LogP contribution in [0.2, 0.25) is 0 Å². The Hall–Kier alpha value is -2.11. The first-order chi connectivity index (χ1) is 17.8. The normalized spacial score (nSPS) is 13.3. The zero-order valence-electron chi connectivity index (χ0n) is 22.1. The summed E-state index contributed by atoms with van der Waals surface area (Å²) in [4.78, 5) is 13.8. The van der Waals surface area contributed by atoms with Crippen LogP contribution in [0.4, 0.5) is 0 Å². The second-order valence-electron chi connectivity index (χ2n) is 8.81. The minimum atomic E-state index is -3.52. The molecule has 0 fully saturated rings. The van der Waals surface area contributed by atoms with E-state index >= 15 is 0 Å². The molecule has 2 atom stereocenters. The van der Waals surface area contributed by atoms with E-state index in [4.69, 9.17) is 4.74 Å². The number of hydrogen-bond donors (Lipinski definition) is 3. The summed E-state index contributed by atoms with van der Waals surface area (Å²) in [7, 11) is -1.91. The van der Waals surface area contributed by atoms with Crippen molar-refractivity contribution in [1.82, 2.24) is 14.9 Å². The van der Waals surface area contributed by atoms with Crippen molar-refractivity contribution in [3.63, 3.8) is 0 Å². The van der Waals surface area contributed by atoms with Crippen molar-refractivity contribution in [2.75, 3.05) is 38.2 Å². The zero-order valence-corrected chi connectivity index (χ0v) is 23.7. The number of hydrogen-bond acceptors (Lipinski definition) is 7. The number of ether oxygens (including phenoxy) is 1. The third-order valence-corrected chi connectivity index (χ3v) is 8.73. The first kappa shape index (κ1) is 31.1. The lowest BCUT2D eigenvalue weighted by Gasteiger charge is -2.25. The van der Waals surface area contributed by atoms with Gasteiger partial charge in [-0.3, -0.25) is 4.79 Å². The molecule has 0 saturated carbocycles. The van der Waals surface area contributed by atoms with Gasteiger partial charge in [0, 0.05) is 43.2 Å². The molecule has 0 radical (unpaired) electrons. The molecule has 37 heavy (non-hydrogen) atoms. The summed E-state index contributed by atoms with van der Waals surface area (Å²) in [6, 6.07) is 16.9. The van der Waals surface area contributed by atoms with Crippen molar-refractivity contribution in [2.45, 2.75) is 56.7 Å². The van der Waals surface area contributed by atoms with Gasteiger partial charge >= 0.3 is 0 Å². The quantitative estimate of drug-likeness (QED) is 0.244. The molecule has 2 rings (SSSR count). The number of rotatable bonds is 18. The standard InChI is InChI=1S/C27H41N3O5S2/c1-4-15-30(16-5-2)37(33,34)17-14-27(32)29-25(21-36-24-12-7-6-8-13-24)26(31)20-28-19-22-10-9-11-23(18-22)35-3/h6-13,18,25-26,28,31H,4-5,14-17,19-21H2,1-3H3,(H,29,32)/t25-,26-/m0/s1. The molecule has 1 amide bonds. The third-order valence-electron chi connectivity index (χ3n) is 5.73. The van der Waals surface area contributed by atoms with Crippen LogP contribution in [0.5, 0.6) is 5.75 Å². The molecule has 0 aliphatic rings. The predicted octanol–water partition coefficient (Wildman–Crippen LogP) is 3.26. The van der Waals surface area contributed by atoms with E-state index < -0.39 is 22.2 Å². The van der Waals surface area contributed by atoms with Crippen molar-refractivity contribution in [1.29, 1.82) is 0 Å². The van der Waals surface area contributed by atoms with Crippen LogP contribution in [0.1, 0.15) is 38.7 Å². The number of carbonyl (C=O) groups excluding carboxylic acids is 1. The van der Waals surface area contributed by atoms with Crippen LogP contribution in [0.25, 0.3) is 0 Å². The molecule has 8 nitrogen and oxygen atoms in total. The molecular weight excluding hydrogens is 510 g/mol. The van der Waals surface area contributed by atoms with Crippen LogP contribution in [-0.2, 0) is 21.4 Å². The van der Waals surface area contributed by atoms with E-state index in [1.165, 1.54) is 16.1 Å². The van der Waals surface area contributed by atoms with Gasteiger partial charge in [-0.1, -0.05) is 44.2 Å². The highest BCUT2D eigenvalue weighted by Crippen LogP contribution is 2.19. The molecule has 10 heteroatoms. The Kier molecular flexibility index (Phi) is 14.0. The molecule has 2 aromatic carbocycles. The van der Waals surface area contributed by atoms with Crippen LogP contribution in [0.15, 0.2) is 59.5 Å². The minimum Gasteiger partial charge on any atom is -0.497 e. The predicted molar refractivity (Wildman–Crippen MR) is 150 cm³/mol. The molecule has 0 heterocycles. The summed E-state index contributed by atoms with van der Waals surface area (Å²) in [5, 5.41) is 17.0. The maximum atomic E-state index is 12.8. The number of amides is 1. The monoisotopic (exact) mass is 551 g/mol. The number of methoxy groups -OCH3 is 1. The summed E-state index contributed by atoms with van der Waals surface area (Å²) in [6.45, 7) is 5.56. The second-order valence-corrected chi connectivity index (χ2v) is 12.0. The summed E-state index contributed by atoms with van der Waals surface area (Å²) in [5.41, 5.74) is 1.01. The van der Waals surface area contributed by atoms with Crippen molar-refractivity contribution in [2.24, 2.45) is 0 Å². The van der Waals surface area contributed by atoms with Crippen LogP contribution in [-0.4, -0.2) is 74.1 Å². The summed E-state index contributed by atoms with van der Waals surface area (Å²) >= 11 is 1.53. The van der Waals surface area contributed by atoms with Crippen LogP contribution in [0.3, 0.4) is 0 Å². The van der Waals surface area contributed by atoms with E-state index in [1.807, 2.05) is 68.4 Å². The van der Waals surface area contributed by atoms with Crippen LogP contribution >= 0.6 is 11.8 Å². The van der Waals surface area contributed by atoms with Gasteiger partial charge in [0.15, 0.2) is 0 Å². The molecule has 0 aliphatic carbocycles. The Morgan fingerprint density at radius 3 is 2.43 bits per heavy atom. The van der Waals surface area contributed by atoms with Gasteiger partial charge in [0.25, 0.3) is 0 Å². The lowest BCUT2D eigenvalue weighted by molar-refractivity contribution is -0.122. The average molecular weight is 552 g/mol. The molecule has 206 valence electrons. The molecular formula is C27H41N3O5S2. The number of nitrogens with zero attached hydrogens (tertiary/aromatic N) is 1. The molecule has 0 bridgehead atoms. The topological polar surface area (TPSA) is 108 Å². The van der Waals surface area contributed by atoms with E-state index in [2.05, 4.69) is 10.6 Å². The molecule has 0 aliphatic heterocycles. The van der Waals surface area contributed by atoms with Crippen molar-refractivity contribution < 1.29 is 23.1 Å². The maximum absolute atomic E-state index is 12.8. The summed E-state index contributed by atoms with van der Waals surface area (Å²) in [6.07, 6.45) is 0.431. The first-order valence-corrected chi connectivity index (χ1v) is 15.3. The number of thioether (sulfide) groups is 1. The van der Waals surface area contributed by atoms with E-state index in [1.54, 1.807) is 7.11 Å². The minimum absolute atomic E-state index is 0.150. The van der Waals surface area contributed by atoms with E-state index in [-0.39, 0.29) is 24.6 Å². The highest BCUT2D eigenvalue weighted by molar-refractivity contribution is 7.99. The fraction of sp³-hybridized carbons (Fsp3) is 0.519. The van der Waals surface area contributed by atoms with Crippen molar-refractivity contribution in [3.05, 3.63) is 60.2 Å². The van der Waals surface area contributed by atoms with Gasteiger partial charge in [-0.25, -0.2) is 12.7 Å². The van der Waals surface area contributed by atoms with Gasteiger partial charge in [0.1, 0.15) is 5.75 Å². The fourth-order valence-corrected chi connectivity index (χ4v) is 6.41. The maximum Gasteiger partial charge on any atom is 0.221 e. The smallest absolute Gasteiger partial charge is 0.221 e. The molecule has 3 N–H and O–H groups in total. The number of nitrogens with one attached hydrogen (secondary N) is 2. The summed E-state index contributed by atoms with van der Waals surface area (Å²) < 4.78 is 32.2. The summed E-state index contributed by atoms with van der Waals surface area (Å²) in [5.74, 6) is 0.571. The van der Waals surface area contributed by atoms with E-state index in [0.717, 1.165) is 29.1 Å².